The van der Waals surface area contributed by atoms with E-state index in [4.69, 9.17) is 0 Å². The van der Waals surface area contributed by atoms with Crippen molar-refractivity contribution in [2.45, 2.75) is 12.8 Å². The quantitative estimate of drug-likeness (QED) is 0.537. The lowest BCUT2D eigenvalue weighted by atomic mass is 9.88. The fraction of sp³-hybridized carbons (Fsp3) is 0.308. The Labute approximate surface area is 86.5 Å². The summed E-state index contributed by atoms with van der Waals surface area (Å²) in [5.74, 6) is -0.138. The maximum atomic E-state index is 11.8. The molecule has 1 nitrogen and oxygen atoms in total. The summed E-state index contributed by atoms with van der Waals surface area (Å²) in [7, 11) is 0. The molecule has 76 valence electrons. The van der Waals surface area contributed by atoms with Crippen LogP contribution in [0.15, 0.2) is 50.6 Å². The molecule has 0 aromatic carbocycles. The molecule has 0 aliphatic rings. The van der Waals surface area contributed by atoms with Crippen LogP contribution in [0.2, 0.25) is 0 Å². The highest BCUT2D eigenvalue weighted by molar-refractivity contribution is 5.86. The molecule has 0 fully saturated rings. The van der Waals surface area contributed by atoms with Crippen LogP contribution in [0.25, 0.3) is 0 Å². The third-order valence-electron chi connectivity index (χ3n) is 2.14. The van der Waals surface area contributed by atoms with Gasteiger partial charge in [0.2, 0.25) is 0 Å². The summed E-state index contributed by atoms with van der Waals surface area (Å²) in [6.45, 7) is 14.5. The number of Topliss-reactive ketones (excluding diaryl/α,β-unsaturated/α-hetero) is 1. The van der Waals surface area contributed by atoms with E-state index in [2.05, 4.69) is 26.3 Å². The van der Waals surface area contributed by atoms with E-state index in [0.717, 1.165) is 0 Å². The van der Waals surface area contributed by atoms with Gasteiger partial charge in [-0.2, -0.15) is 0 Å². The summed E-state index contributed by atoms with van der Waals surface area (Å²) < 4.78 is 0. The second-order valence-electron chi connectivity index (χ2n) is 3.14. The van der Waals surface area contributed by atoms with Crippen LogP contribution < -0.4 is 0 Å². The van der Waals surface area contributed by atoms with E-state index in [-0.39, 0.29) is 17.6 Å². The van der Waals surface area contributed by atoms with Crippen molar-refractivity contribution >= 4 is 5.78 Å². The average Bonchev–Trinajstić information content (AvgIpc) is 2.21. The van der Waals surface area contributed by atoms with Gasteiger partial charge in [-0.3, -0.25) is 4.79 Å². The van der Waals surface area contributed by atoms with E-state index in [1.54, 1.807) is 24.3 Å². The molecule has 2 unspecified atom stereocenters. The van der Waals surface area contributed by atoms with Crippen molar-refractivity contribution in [3.8, 4) is 0 Å². The Kier molecular flexibility index (Phi) is 6.38. The van der Waals surface area contributed by atoms with Gasteiger partial charge in [0.15, 0.2) is 0 Å². The molecule has 1 heteroatoms. The van der Waals surface area contributed by atoms with Crippen molar-refractivity contribution < 1.29 is 4.79 Å². The Morgan fingerprint density at radius 3 is 1.50 bits per heavy atom. The lowest BCUT2D eigenvalue weighted by Gasteiger charge is -2.14. The van der Waals surface area contributed by atoms with Gasteiger partial charge < -0.3 is 0 Å². The average molecular weight is 190 g/mol. The Hall–Kier alpha value is -1.37. The van der Waals surface area contributed by atoms with E-state index in [9.17, 15) is 4.79 Å². The predicted octanol–water partition coefficient (Wildman–Crippen LogP) is 3.31. The number of allylic oxidation sites excluding steroid dienone is 4. The smallest absolute Gasteiger partial charge is 0.147 e. The van der Waals surface area contributed by atoms with Crippen LogP contribution in [-0.4, -0.2) is 5.78 Å². The molecule has 2 atom stereocenters. The minimum absolute atomic E-state index is 0.143. The van der Waals surface area contributed by atoms with Crippen LogP contribution in [0, 0.1) is 11.8 Å². The van der Waals surface area contributed by atoms with E-state index < -0.39 is 0 Å². The largest absolute Gasteiger partial charge is 0.298 e. The molecule has 0 radical (unpaired) electrons. The van der Waals surface area contributed by atoms with E-state index in [0.29, 0.717) is 12.8 Å². The molecule has 0 saturated heterocycles. The highest BCUT2D eigenvalue weighted by Gasteiger charge is 2.20. The molecule has 0 rings (SSSR count). The first-order valence-corrected chi connectivity index (χ1v) is 4.71. The summed E-state index contributed by atoms with van der Waals surface area (Å²) in [4.78, 5) is 11.8. The zero-order valence-electron chi connectivity index (χ0n) is 8.61. The summed E-state index contributed by atoms with van der Waals surface area (Å²) in [5.41, 5.74) is 0. The van der Waals surface area contributed by atoms with Crippen LogP contribution in [-0.2, 0) is 4.79 Å². The van der Waals surface area contributed by atoms with Gasteiger partial charge in [0, 0.05) is 11.8 Å². The lowest BCUT2D eigenvalue weighted by Crippen LogP contribution is -2.20. The van der Waals surface area contributed by atoms with Crippen molar-refractivity contribution in [2.75, 3.05) is 0 Å². The van der Waals surface area contributed by atoms with Gasteiger partial charge in [-0.15, -0.1) is 26.3 Å². The van der Waals surface area contributed by atoms with Gasteiger partial charge in [0.1, 0.15) is 5.78 Å². The molecule has 0 aliphatic carbocycles. The van der Waals surface area contributed by atoms with Crippen LogP contribution in [0.1, 0.15) is 12.8 Å². The van der Waals surface area contributed by atoms with Gasteiger partial charge in [-0.1, -0.05) is 24.3 Å². The normalized spacial score (nSPS) is 13.7. The fourth-order valence-electron chi connectivity index (χ4n) is 1.29. The summed E-state index contributed by atoms with van der Waals surface area (Å²) in [5, 5.41) is 0. The highest BCUT2D eigenvalue weighted by atomic mass is 16.1. The molecular weight excluding hydrogens is 172 g/mol. The summed E-state index contributed by atoms with van der Waals surface area (Å²) in [6, 6.07) is 0. The molecule has 0 spiro atoms. The Morgan fingerprint density at radius 1 is 0.929 bits per heavy atom. The number of ketones is 1. The Morgan fingerprint density at radius 2 is 1.29 bits per heavy atom. The first-order chi connectivity index (χ1) is 6.71. The molecule has 0 bridgehead atoms. The fourth-order valence-corrected chi connectivity index (χ4v) is 1.29. The summed E-state index contributed by atoms with van der Waals surface area (Å²) in [6.07, 6.45) is 8.09. The molecule has 0 aromatic heterocycles. The van der Waals surface area contributed by atoms with Crippen molar-refractivity contribution in [3.05, 3.63) is 50.6 Å². The standard InChI is InChI=1S/C13H18O/c1-5-9-11(7-3)13(14)12(8-4)10-6-2/h5-8,11-12H,1-4,9-10H2. The van der Waals surface area contributed by atoms with E-state index in [1.807, 2.05) is 0 Å². The second kappa shape index (κ2) is 7.07. The first-order valence-electron chi connectivity index (χ1n) is 4.71. The minimum atomic E-state index is -0.143. The summed E-state index contributed by atoms with van der Waals surface area (Å²) >= 11 is 0. The second-order valence-corrected chi connectivity index (χ2v) is 3.14. The monoisotopic (exact) mass is 190 g/mol. The molecule has 0 aromatic rings. The van der Waals surface area contributed by atoms with Gasteiger partial charge in [0.25, 0.3) is 0 Å². The number of rotatable bonds is 8. The predicted molar refractivity (Wildman–Crippen MR) is 62.0 cm³/mol. The molecule has 0 heterocycles. The van der Waals surface area contributed by atoms with Crippen molar-refractivity contribution in [1.29, 1.82) is 0 Å². The first kappa shape index (κ1) is 12.6. The topological polar surface area (TPSA) is 17.1 Å². The number of hydrogen-bond donors (Lipinski definition) is 0. The van der Waals surface area contributed by atoms with Crippen molar-refractivity contribution in [1.82, 2.24) is 0 Å². The van der Waals surface area contributed by atoms with E-state index in [1.165, 1.54) is 0 Å². The third kappa shape index (κ3) is 3.56. The molecule has 0 amide bonds. The van der Waals surface area contributed by atoms with Gasteiger partial charge in [0.05, 0.1) is 0 Å². The lowest BCUT2D eigenvalue weighted by molar-refractivity contribution is -0.123. The Bertz CT molecular complexity index is 214. The SMILES string of the molecule is C=CCC(C=C)C(=O)C(C=C)CC=C. The van der Waals surface area contributed by atoms with E-state index >= 15 is 0 Å². The van der Waals surface area contributed by atoms with Crippen LogP contribution in [0.4, 0.5) is 0 Å². The maximum Gasteiger partial charge on any atom is 0.147 e. The van der Waals surface area contributed by atoms with Crippen LogP contribution in [0.5, 0.6) is 0 Å². The van der Waals surface area contributed by atoms with Crippen molar-refractivity contribution in [3.63, 3.8) is 0 Å². The zero-order chi connectivity index (χ0) is 11.0. The van der Waals surface area contributed by atoms with Gasteiger partial charge in [-0.25, -0.2) is 0 Å². The zero-order valence-corrected chi connectivity index (χ0v) is 8.61. The molecule has 14 heavy (non-hydrogen) atoms. The van der Waals surface area contributed by atoms with Crippen LogP contribution >= 0.6 is 0 Å². The minimum Gasteiger partial charge on any atom is -0.298 e. The molecule has 0 aliphatic heterocycles. The van der Waals surface area contributed by atoms with Gasteiger partial charge >= 0.3 is 0 Å². The highest BCUT2D eigenvalue weighted by Crippen LogP contribution is 2.17. The molecular formula is C13H18O. The van der Waals surface area contributed by atoms with Gasteiger partial charge in [-0.05, 0) is 12.8 Å². The maximum absolute atomic E-state index is 11.8. The molecule has 0 saturated carbocycles. The third-order valence-corrected chi connectivity index (χ3v) is 2.14. The molecule has 0 N–H and O–H groups in total. The van der Waals surface area contributed by atoms with Crippen molar-refractivity contribution in [2.24, 2.45) is 11.8 Å². The number of hydrogen-bond acceptors (Lipinski definition) is 1. The Balaban J connectivity index is 4.50. The number of carbonyl (C=O) groups excluding carboxylic acids is 1. The number of carbonyl (C=O) groups is 1. The van der Waals surface area contributed by atoms with Crippen LogP contribution in [0.3, 0.4) is 0 Å².